The van der Waals surface area contributed by atoms with Crippen molar-refractivity contribution < 1.29 is 18.4 Å². The molecule has 1 aliphatic carbocycles. The number of hydrogen-bond acceptors (Lipinski definition) is 6. The van der Waals surface area contributed by atoms with Gasteiger partial charge < -0.3 is 10.2 Å². The van der Waals surface area contributed by atoms with Crippen LogP contribution in [0.15, 0.2) is 48.2 Å². The highest BCUT2D eigenvalue weighted by Gasteiger charge is 2.44. The standard InChI is InChI=1S/C25H22F2N4O2S/c1-3-21-29-30-25(34-21)31-12-18-16(8-5-9-19(18)27)22(13(31)2)24(33)28-23(17-11-20(17)32)14-6-4-7-15(26)10-14/h4-10,17,23H,3,11-12H2,1-2H3,(H,28,33)/t17?,23-/m1/s1. The topological polar surface area (TPSA) is 75.2 Å². The molecule has 1 saturated carbocycles. The first-order valence-corrected chi connectivity index (χ1v) is 11.9. The Morgan fingerprint density at radius 1 is 1.24 bits per heavy atom. The minimum Gasteiger partial charge on any atom is -0.344 e. The Labute approximate surface area is 199 Å². The van der Waals surface area contributed by atoms with Gasteiger partial charge in [0.05, 0.1) is 18.2 Å². The number of Topliss-reactive ketones (excluding diaryl/α,β-unsaturated/α-hetero) is 1. The maximum absolute atomic E-state index is 14.9. The summed E-state index contributed by atoms with van der Waals surface area (Å²) in [6.45, 7) is 3.98. The third kappa shape index (κ3) is 4.00. The van der Waals surface area contributed by atoms with E-state index < -0.39 is 29.5 Å². The number of allylic oxidation sites excluding steroid dienone is 1. The summed E-state index contributed by atoms with van der Waals surface area (Å²) >= 11 is 1.39. The number of anilines is 1. The van der Waals surface area contributed by atoms with Gasteiger partial charge in [0.25, 0.3) is 5.91 Å². The zero-order valence-corrected chi connectivity index (χ0v) is 19.5. The molecule has 0 saturated heterocycles. The molecule has 0 radical (unpaired) electrons. The third-order valence-corrected chi connectivity index (χ3v) is 7.35. The molecule has 1 fully saturated rings. The molecule has 1 aromatic heterocycles. The van der Waals surface area contributed by atoms with Crippen molar-refractivity contribution in [3.8, 4) is 0 Å². The van der Waals surface area contributed by atoms with Gasteiger partial charge in [0.15, 0.2) is 0 Å². The molecule has 6 nitrogen and oxygen atoms in total. The van der Waals surface area contributed by atoms with Gasteiger partial charge >= 0.3 is 0 Å². The summed E-state index contributed by atoms with van der Waals surface area (Å²) in [6.07, 6.45) is 1.04. The van der Waals surface area contributed by atoms with Crippen LogP contribution in [0.5, 0.6) is 0 Å². The highest BCUT2D eigenvalue weighted by Crippen LogP contribution is 2.40. The van der Waals surface area contributed by atoms with Crippen LogP contribution in [-0.2, 0) is 22.6 Å². The number of benzene rings is 2. The van der Waals surface area contributed by atoms with Gasteiger partial charge in [0.2, 0.25) is 5.13 Å². The molecule has 2 atom stereocenters. The largest absolute Gasteiger partial charge is 0.344 e. The summed E-state index contributed by atoms with van der Waals surface area (Å²) in [6, 6.07) is 9.86. The summed E-state index contributed by atoms with van der Waals surface area (Å²) in [5.74, 6) is -1.71. The number of aryl methyl sites for hydroxylation is 1. The number of aromatic nitrogens is 2. The van der Waals surface area contributed by atoms with Crippen LogP contribution >= 0.6 is 11.3 Å². The second-order valence-corrected chi connectivity index (χ2v) is 9.47. The molecule has 34 heavy (non-hydrogen) atoms. The number of fused-ring (bicyclic) bond motifs is 1. The maximum atomic E-state index is 14.9. The van der Waals surface area contributed by atoms with Crippen LogP contribution < -0.4 is 10.2 Å². The lowest BCUT2D eigenvalue weighted by molar-refractivity contribution is -0.116. The van der Waals surface area contributed by atoms with Gasteiger partial charge in [-0.1, -0.05) is 42.5 Å². The van der Waals surface area contributed by atoms with E-state index in [4.69, 9.17) is 0 Å². The van der Waals surface area contributed by atoms with Crippen LogP contribution in [0, 0.1) is 17.6 Å². The van der Waals surface area contributed by atoms with Gasteiger partial charge in [0, 0.05) is 23.6 Å². The van der Waals surface area contributed by atoms with Crippen molar-refractivity contribution in [2.75, 3.05) is 4.90 Å². The third-order valence-electron chi connectivity index (χ3n) is 6.26. The Morgan fingerprint density at radius 3 is 2.68 bits per heavy atom. The van der Waals surface area contributed by atoms with Crippen LogP contribution in [0.4, 0.5) is 13.9 Å². The van der Waals surface area contributed by atoms with E-state index in [0.29, 0.717) is 39.5 Å². The summed E-state index contributed by atoms with van der Waals surface area (Å²) in [7, 11) is 0. The molecule has 1 N–H and O–H groups in total. The van der Waals surface area contributed by atoms with Crippen molar-refractivity contribution in [2.24, 2.45) is 5.92 Å². The lowest BCUT2D eigenvalue weighted by atomic mass is 9.92. The molecule has 1 amide bonds. The summed E-state index contributed by atoms with van der Waals surface area (Å²) < 4.78 is 28.8. The molecule has 2 aromatic carbocycles. The number of ketones is 1. The number of nitrogens with zero attached hydrogens (tertiary/aromatic N) is 3. The Kier molecular flexibility index (Phi) is 5.73. The minimum absolute atomic E-state index is 0.0120. The average molecular weight is 481 g/mol. The lowest BCUT2D eigenvalue weighted by Crippen LogP contribution is -2.36. The highest BCUT2D eigenvalue weighted by molar-refractivity contribution is 7.15. The molecule has 9 heteroatoms. The van der Waals surface area contributed by atoms with E-state index in [1.54, 1.807) is 36.1 Å². The number of carbonyl (C=O) groups excluding carboxylic acids is 2. The van der Waals surface area contributed by atoms with Crippen molar-refractivity contribution >= 4 is 33.7 Å². The van der Waals surface area contributed by atoms with E-state index in [1.165, 1.54) is 29.5 Å². The number of nitrogens with one attached hydrogen (secondary N) is 1. The normalized spacial score (nSPS) is 18.1. The van der Waals surface area contributed by atoms with Crippen LogP contribution in [0.1, 0.15) is 48.0 Å². The fourth-order valence-electron chi connectivity index (χ4n) is 4.35. The molecule has 2 aliphatic rings. The smallest absolute Gasteiger partial charge is 0.254 e. The van der Waals surface area contributed by atoms with Gasteiger partial charge in [-0.15, -0.1) is 10.2 Å². The first kappa shape index (κ1) is 22.3. The first-order valence-electron chi connectivity index (χ1n) is 11.0. The van der Waals surface area contributed by atoms with Crippen LogP contribution in [-0.4, -0.2) is 21.9 Å². The Morgan fingerprint density at radius 2 is 2.00 bits per heavy atom. The number of amides is 1. The fraction of sp³-hybridized carbons (Fsp3) is 0.280. The molecular formula is C25H22F2N4O2S. The van der Waals surface area contributed by atoms with Gasteiger partial charge in [-0.3, -0.25) is 9.59 Å². The number of rotatable bonds is 6. The highest BCUT2D eigenvalue weighted by atomic mass is 32.1. The van der Waals surface area contributed by atoms with Gasteiger partial charge in [-0.05, 0) is 42.7 Å². The van der Waals surface area contributed by atoms with Crippen LogP contribution in [0.3, 0.4) is 0 Å². The predicted octanol–water partition coefficient (Wildman–Crippen LogP) is 4.58. The SMILES string of the molecule is CCc1nnc(N2Cc3c(F)cccc3C(C(=O)N[C@H](c3cccc(F)c3)C3CC3=O)=C2C)s1. The van der Waals surface area contributed by atoms with Gasteiger partial charge in [-0.25, -0.2) is 8.78 Å². The molecule has 0 spiro atoms. The average Bonchev–Trinajstić information content (AvgIpc) is 3.34. The van der Waals surface area contributed by atoms with E-state index in [-0.39, 0.29) is 12.3 Å². The number of halogens is 2. The fourth-order valence-corrected chi connectivity index (χ4v) is 5.18. The summed E-state index contributed by atoms with van der Waals surface area (Å²) in [5.41, 5.74) is 2.30. The van der Waals surface area contributed by atoms with Crippen molar-refractivity contribution in [2.45, 2.75) is 39.3 Å². The Hall–Kier alpha value is -3.46. The van der Waals surface area contributed by atoms with Crippen LogP contribution in [0.2, 0.25) is 0 Å². The maximum Gasteiger partial charge on any atom is 0.254 e. The predicted molar refractivity (Wildman–Crippen MR) is 125 cm³/mol. The zero-order chi connectivity index (χ0) is 24.0. The van der Waals surface area contributed by atoms with Crippen LogP contribution in [0.25, 0.3) is 5.57 Å². The van der Waals surface area contributed by atoms with E-state index >= 15 is 0 Å². The lowest BCUT2D eigenvalue weighted by Gasteiger charge is -2.32. The van der Waals surface area contributed by atoms with Crippen molar-refractivity contribution in [1.82, 2.24) is 15.5 Å². The Balaban J connectivity index is 1.56. The second kappa shape index (κ2) is 8.72. The second-order valence-electron chi connectivity index (χ2n) is 8.43. The van der Waals surface area contributed by atoms with Crippen molar-refractivity contribution in [3.05, 3.63) is 81.5 Å². The molecular weight excluding hydrogens is 458 g/mol. The molecule has 174 valence electrons. The van der Waals surface area contributed by atoms with Crippen molar-refractivity contribution in [3.63, 3.8) is 0 Å². The van der Waals surface area contributed by atoms with Crippen molar-refractivity contribution in [1.29, 1.82) is 0 Å². The summed E-state index contributed by atoms with van der Waals surface area (Å²) in [5, 5.41) is 12.8. The van der Waals surface area contributed by atoms with E-state index in [9.17, 15) is 18.4 Å². The summed E-state index contributed by atoms with van der Waals surface area (Å²) in [4.78, 5) is 27.5. The monoisotopic (exact) mass is 480 g/mol. The molecule has 5 rings (SSSR count). The quantitative estimate of drug-likeness (QED) is 0.559. The first-order chi connectivity index (χ1) is 16.4. The molecule has 0 bridgehead atoms. The number of hydrogen-bond donors (Lipinski definition) is 1. The van der Waals surface area contributed by atoms with Gasteiger partial charge in [-0.2, -0.15) is 0 Å². The van der Waals surface area contributed by atoms with E-state index in [1.807, 2.05) is 6.92 Å². The zero-order valence-electron chi connectivity index (χ0n) is 18.6. The number of carbonyl (C=O) groups is 2. The van der Waals surface area contributed by atoms with E-state index in [2.05, 4.69) is 15.5 Å². The Bertz CT molecular complexity index is 1340. The molecule has 3 aromatic rings. The molecule has 1 aliphatic heterocycles. The van der Waals surface area contributed by atoms with Gasteiger partial charge in [0.1, 0.15) is 22.4 Å². The molecule has 1 unspecified atom stereocenters. The van der Waals surface area contributed by atoms with E-state index in [0.717, 1.165) is 11.4 Å². The molecule has 2 heterocycles. The minimum atomic E-state index is -0.670.